The van der Waals surface area contributed by atoms with Gasteiger partial charge in [0.25, 0.3) is 0 Å². The summed E-state index contributed by atoms with van der Waals surface area (Å²) in [6.45, 7) is 0. The molecular weight excluding hydrogens is 274 g/mol. The first-order valence-corrected chi connectivity index (χ1v) is 7.12. The van der Waals surface area contributed by atoms with Crippen LogP contribution >= 0.6 is 0 Å². The molecule has 1 N–H and O–H groups in total. The first kappa shape index (κ1) is 11.5. The zero-order valence-electron chi connectivity index (χ0n) is 11.6. The van der Waals surface area contributed by atoms with Gasteiger partial charge < -0.3 is 10.1 Å². The van der Waals surface area contributed by atoms with E-state index >= 15 is 0 Å². The molecule has 1 aliphatic rings. The van der Waals surface area contributed by atoms with E-state index < -0.39 is 0 Å². The van der Waals surface area contributed by atoms with Crippen molar-refractivity contribution in [3.8, 4) is 11.5 Å². The van der Waals surface area contributed by atoms with E-state index in [-0.39, 0.29) is 0 Å². The highest BCUT2D eigenvalue weighted by Gasteiger charge is 2.19. The number of ether oxygens (including phenoxy) is 1. The van der Waals surface area contributed by atoms with Crippen molar-refractivity contribution in [2.45, 2.75) is 0 Å². The summed E-state index contributed by atoms with van der Waals surface area (Å²) in [6.07, 6.45) is 0. The highest BCUT2D eigenvalue weighted by Crippen LogP contribution is 2.44. The number of rotatable bonds is 0. The average Bonchev–Trinajstić information content (AvgIpc) is 2.58. The van der Waals surface area contributed by atoms with Crippen LogP contribution in [0.4, 0.5) is 11.4 Å². The SMILES string of the molecule is c1ccc2c(c1)Nc1c(ccc3nc4ccccc4nc13)O2. The summed E-state index contributed by atoms with van der Waals surface area (Å²) in [6, 6.07) is 19.6. The Balaban J connectivity index is 1.81. The van der Waals surface area contributed by atoms with Crippen LogP contribution in [0, 0.1) is 0 Å². The van der Waals surface area contributed by atoms with Crippen molar-refractivity contribution >= 4 is 33.4 Å². The molecule has 0 radical (unpaired) electrons. The molecule has 0 atom stereocenters. The number of nitrogens with one attached hydrogen (secondary N) is 1. The Kier molecular flexibility index (Phi) is 2.19. The van der Waals surface area contributed by atoms with Crippen LogP contribution in [0.5, 0.6) is 11.5 Å². The number of hydrogen-bond donors (Lipinski definition) is 1. The van der Waals surface area contributed by atoms with E-state index in [1.807, 2.05) is 60.7 Å². The van der Waals surface area contributed by atoms with Crippen molar-refractivity contribution < 1.29 is 4.74 Å². The van der Waals surface area contributed by atoms with Gasteiger partial charge in [-0.1, -0.05) is 24.3 Å². The molecule has 1 aliphatic heterocycles. The van der Waals surface area contributed by atoms with Crippen molar-refractivity contribution in [1.82, 2.24) is 9.97 Å². The molecule has 0 saturated heterocycles. The Bertz CT molecular complexity index is 1040. The van der Waals surface area contributed by atoms with Crippen molar-refractivity contribution in [2.75, 3.05) is 5.32 Å². The fourth-order valence-corrected chi connectivity index (χ4v) is 2.79. The molecule has 5 rings (SSSR count). The summed E-state index contributed by atoms with van der Waals surface area (Å²) in [5.41, 5.74) is 5.27. The minimum Gasteiger partial charge on any atom is -0.453 e. The molecule has 4 nitrogen and oxygen atoms in total. The van der Waals surface area contributed by atoms with E-state index in [2.05, 4.69) is 10.3 Å². The van der Waals surface area contributed by atoms with Gasteiger partial charge in [-0.2, -0.15) is 0 Å². The molecule has 1 aromatic heterocycles. The lowest BCUT2D eigenvalue weighted by Gasteiger charge is -2.22. The molecule has 0 fully saturated rings. The Morgan fingerprint density at radius 2 is 1.45 bits per heavy atom. The molecule has 22 heavy (non-hydrogen) atoms. The van der Waals surface area contributed by atoms with Crippen LogP contribution in [0.1, 0.15) is 0 Å². The lowest BCUT2D eigenvalue weighted by Crippen LogP contribution is -2.04. The van der Waals surface area contributed by atoms with Gasteiger partial charge in [-0.05, 0) is 36.4 Å². The predicted octanol–water partition coefficient (Wildman–Crippen LogP) is 4.63. The normalized spacial score (nSPS) is 12.4. The molecule has 3 aromatic carbocycles. The second kappa shape index (κ2) is 4.18. The molecule has 0 aliphatic carbocycles. The van der Waals surface area contributed by atoms with E-state index in [0.717, 1.165) is 44.9 Å². The zero-order valence-corrected chi connectivity index (χ0v) is 11.6. The van der Waals surface area contributed by atoms with Crippen molar-refractivity contribution in [1.29, 1.82) is 0 Å². The van der Waals surface area contributed by atoms with Gasteiger partial charge in [-0.15, -0.1) is 0 Å². The predicted molar refractivity (Wildman–Crippen MR) is 86.8 cm³/mol. The molecule has 4 aromatic rings. The van der Waals surface area contributed by atoms with Crippen LogP contribution in [0.25, 0.3) is 22.1 Å². The Morgan fingerprint density at radius 3 is 2.36 bits per heavy atom. The Hall–Kier alpha value is -3.14. The highest BCUT2D eigenvalue weighted by molar-refractivity contribution is 5.99. The number of fused-ring (bicyclic) bond motifs is 5. The molecule has 4 heteroatoms. The summed E-state index contributed by atoms with van der Waals surface area (Å²) in [5, 5.41) is 3.42. The molecule has 0 saturated carbocycles. The lowest BCUT2D eigenvalue weighted by molar-refractivity contribution is 0.482. The molecule has 0 amide bonds. The Labute approximate surface area is 126 Å². The molecule has 2 heterocycles. The van der Waals surface area contributed by atoms with Crippen LogP contribution in [0.15, 0.2) is 60.7 Å². The van der Waals surface area contributed by atoms with Gasteiger partial charge >= 0.3 is 0 Å². The van der Waals surface area contributed by atoms with Crippen LogP contribution < -0.4 is 10.1 Å². The van der Waals surface area contributed by atoms with Crippen LogP contribution in [-0.2, 0) is 0 Å². The number of benzene rings is 3. The van der Waals surface area contributed by atoms with Gasteiger partial charge in [0.1, 0.15) is 11.2 Å². The van der Waals surface area contributed by atoms with Crippen molar-refractivity contribution in [3.05, 3.63) is 60.7 Å². The third-order valence-corrected chi connectivity index (χ3v) is 3.84. The third kappa shape index (κ3) is 1.58. The van der Waals surface area contributed by atoms with Crippen molar-refractivity contribution in [3.63, 3.8) is 0 Å². The topological polar surface area (TPSA) is 47.0 Å². The monoisotopic (exact) mass is 285 g/mol. The van der Waals surface area contributed by atoms with Gasteiger partial charge in [-0.3, -0.25) is 0 Å². The second-order valence-corrected chi connectivity index (χ2v) is 5.24. The van der Waals surface area contributed by atoms with E-state index in [4.69, 9.17) is 9.72 Å². The van der Waals surface area contributed by atoms with Gasteiger partial charge in [-0.25, -0.2) is 9.97 Å². The first-order chi connectivity index (χ1) is 10.9. The van der Waals surface area contributed by atoms with Crippen LogP contribution in [-0.4, -0.2) is 9.97 Å². The minimum absolute atomic E-state index is 0.774. The van der Waals surface area contributed by atoms with Crippen molar-refractivity contribution in [2.24, 2.45) is 0 Å². The maximum Gasteiger partial charge on any atom is 0.153 e. The fourth-order valence-electron chi connectivity index (χ4n) is 2.79. The summed E-state index contributed by atoms with van der Waals surface area (Å²) >= 11 is 0. The fraction of sp³-hybridized carbons (Fsp3) is 0. The Morgan fingerprint density at radius 1 is 0.682 bits per heavy atom. The summed E-state index contributed by atoms with van der Waals surface area (Å²) in [7, 11) is 0. The molecule has 104 valence electrons. The molecule has 0 bridgehead atoms. The summed E-state index contributed by atoms with van der Waals surface area (Å²) in [5.74, 6) is 1.60. The quantitative estimate of drug-likeness (QED) is 0.421. The number of aromatic nitrogens is 2. The smallest absolute Gasteiger partial charge is 0.153 e. The summed E-state index contributed by atoms with van der Waals surface area (Å²) < 4.78 is 5.97. The van der Waals surface area contributed by atoms with Gasteiger partial charge in [0.15, 0.2) is 11.5 Å². The maximum absolute atomic E-state index is 5.97. The minimum atomic E-state index is 0.774. The number of anilines is 2. The van der Waals surface area contributed by atoms with Gasteiger partial charge in [0.05, 0.1) is 22.2 Å². The lowest BCUT2D eigenvalue weighted by atomic mass is 10.1. The van der Waals surface area contributed by atoms with E-state index in [1.54, 1.807) is 0 Å². The highest BCUT2D eigenvalue weighted by atomic mass is 16.5. The van der Waals surface area contributed by atoms with Crippen LogP contribution in [0.2, 0.25) is 0 Å². The van der Waals surface area contributed by atoms with Gasteiger partial charge in [0, 0.05) is 0 Å². The molecular formula is C18H11N3O. The second-order valence-electron chi connectivity index (χ2n) is 5.24. The van der Waals surface area contributed by atoms with Gasteiger partial charge in [0.2, 0.25) is 0 Å². The van der Waals surface area contributed by atoms with E-state index in [0.29, 0.717) is 0 Å². The number of hydrogen-bond acceptors (Lipinski definition) is 4. The van der Waals surface area contributed by atoms with Crippen LogP contribution in [0.3, 0.4) is 0 Å². The molecule has 0 spiro atoms. The molecule has 0 unspecified atom stereocenters. The van der Waals surface area contributed by atoms with E-state index in [9.17, 15) is 0 Å². The standard InChI is InChI=1S/C18H11N3O/c1-2-6-12-11(5-1)19-14-9-10-16-18(17(14)20-12)21-13-7-3-4-8-15(13)22-16/h1-10,21H. The third-order valence-electron chi connectivity index (χ3n) is 3.84. The largest absolute Gasteiger partial charge is 0.453 e. The number of para-hydroxylation sites is 4. The summed E-state index contributed by atoms with van der Waals surface area (Å²) in [4.78, 5) is 9.44. The number of nitrogens with zero attached hydrogens (tertiary/aromatic N) is 2. The average molecular weight is 285 g/mol. The van der Waals surface area contributed by atoms with E-state index in [1.165, 1.54) is 0 Å². The maximum atomic E-state index is 5.97. The first-order valence-electron chi connectivity index (χ1n) is 7.12. The zero-order chi connectivity index (χ0) is 14.5.